The van der Waals surface area contributed by atoms with E-state index >= 15 is 0 Å². The maximum Gasteiger partial charge on any atom is 0.0951 e. The van der Waals surface area contributed by atoms with E-state index in [1.807, 2.05) is 19.4 Å². The van der Waals surface area contributed by atoms with E-state index in [0.29, 0.717) is 6.04 Å². The normalized spacial score (nSPS) is 17.4. The smallest absolute Gasteiger partial charge is 0.0951 e. The highest BCUT2D eigenvalue weighted by molar-refractivity contribution is 5.04. The molecule has 0 bridgehead atoms. The molecule has 0 fully saturated rings. The standard InChI is InChI=1S/C12H23N3/c1-5-9(2)6-10(3)15-8-14-7-12(15)11(4)13/h7-11H,5-6,13H2,1-4H3/t9?,10?,11-/m1/s1. The third kappa shape index (κ3) is 3.06. The molecule has 1 aromatic rings. The first-order valence-corrected chi connectivity index (χ1v) is 5.83. The maximum absolute atomic E-state index is 5.90. The Kier molecular flexibility index (Phi) is 4.33. The highest BCUT2D eigenvalue weighted by Crippen LogP contribution is 2.22. The zero-order valence-corrected chi connectivity index (χ0v) is 10.3. The molecule has 1 aromatic heterocycles. The molecular weight excluding hydrogens is 186 g/mol. The van der Waals surface area contributed by atoms with Crippen molar-refractivity contribution in [1.29, 1.82) is 0 Å². The SMILES string of the molecule is CCC(C)CC(C)n1cncc1[C@@H](C)N. The van der Waals surface area contributed by atoms with Crippen LogP contribution in [0, 0.1) is 5.92 Å². The molecule has 86 valence electrons. The molecular formula is C12H23N3. The Balaban J connectivity index is 2.72. The second-order valence-corrected chi connectivity index (χ2v) is 4.61. The molecule has 3 nitrogen and oxygen atoms in total. The minimum Gasteiger partial charge on any atom is -0.330 e. The van der Waals surface area contributed by atoms with Crippen LogP contribution in [0.2, 0.25) is 0 Å². The van der Waals surface area contributed by atoms with E-state index < -0.39 is 0 Å². The van der Waals surface area contributed by atoms with Crippen LogP contribution in [0.25, 0.3) is 0 Å². The third-order valence-corrected chi connectivity index (χ3v) is 3.08. The number of nitrogens with two attached hydrogens (primary N) is 1. The fourth-order valence-corrected chi connectivity index (χ4v) is 1.90. The minimum atomic E-state index is 0.0619. The van der Waals surface area contributed by atoms with Gasteiger partial charge < -0.3 is 10.3 Å². The highest BCUT2D eigenvalue weighted by Gasteiger charge is 2.14. The molecule has 0 aliphatic heterocycles. The van der Waals surface area contributed by atoms with Crippen LogP contribution in [-0.4, -0.2) is 9.55 Å². The molecule has 0 radical (unpaired) electrons. The Bertz CT molecular complexity index is 291. The number of imidazole rings is 1. The van der Waals surface area contributed by atoms with Gasteiger partial charge in [-0.1, -0.05) is 20.3 Å². The van der Waals surface area contributed by atoms with Crippen LogP contribution in [0.5, 0.6) is 0 Å². The van der Waals surface area contributed by atoms with Crippen molar-refractivity contribution in [2.24, 2.45) is 11.7 Å². The average molecular weight is 209 g/mol. The van der Waals surface area contributed by atoms with Crippen molar-refractivity contribution in [3.63, 3.8) is 0 Å². The summed E-state index contributed by atoms with van der Waals surface area (Å²) in [6, 6.07) is 0.551. The van der Waals surface area contributed by atoms with E-state index in [0.717, 1.165) is 11.6 Å². The molecule has 15 heavy (non-hydrogen) atoms. The van der Waals surface area contributed by atoms with Gasteiger partial charge in [0, 0.05) is 18.3 Å². The van der Waals surface area contributed by atoms with Gasteiger partial charge in [0.25, 0.3) is 0 Å². The van der Waals surface area contributed by atoms with E-state index in [2.05, 4.69) is 30.3 Å². The fourth-order valence-electron chi connectivity index (χ4n) is 1.90. The summed E-state index contributed by atoms with van der Waals surface area (Å²) in [7, 11) is 0. The Morgan fingerprint density at radius 3 is 2.60 bits per heavy atom. The number of aromatic nitrogens is 2. The molecule has 0 saturated heterocycles. The van der Waals surface area contributed by atoms with Crippen LogP contribution in [-0.2, 0) is 0 Å². The summed E-state index contributed by atoms with van der Waals surface area (Å²) in [5.74, 6) is 0.753. The minimum absolute atomic E-state index is 0.0619. The van der Waals surface area contributed by atoms with Crippen LogP contribution in [0.3, 0.4) is 0 Å². The summed E-state index contributed by atoms with van der Waals surface area (Å²) >= 11 is 0. The summed E-state index contributed by atoms with van der Waals surface area (Å²) in [6.07, 6.45) is 6.18. The lowest BCUT2D eigenvalue weighted by Gasteiger charge is -2.21. The first kappa shape index (κ1) is 12.2. The molecule has 1 heterocycles. The molecule has 0 aromatic carbocycles. The molecule has 0 aliphatic carbocycles. The Hall–Kier alpha value is -0.830. The molecule has 0 amide bonds. The van der Waals surface area contributed by atoms with Crippen molar-refractivity contribution in [2.75, 3.05) is 0 Å². The first-order valence-electron chi connectivity index (χ1n) is 5.83. The molecule has 0 spiro atoms. The van der Waals surface area contributed by atoms with Gasteiger partial charge in [0.2, 0.25) is 0 Å². The highest BCUT2D eigenvalue weighted by atomic mass is 15.1. The van der Waals surface area contributed by atoms with Gasteiger partial charge in [-0.15, -0.1) is 0 Å². The second kappa shape index (κ2) is 5.31. The summed E-state index contributed by atoms with van der Waals surface area (Å²) < 4.78 is 2.21. The fraction of sp³-hybridized carbons (Fsp3) is 0.750. The van der Waals surface area contributed by atoms with E-state index in [1.54, 1.807) is 0 Å². The van der Waals surface area contributed by atoms with Crippen molar-refractivity contribution in [3.05, 3.63) is 18.2 Å². The van der Waals surface area contributed by atoms with E-state index in [-0.39, 0.29) is 6.04 Å². The summed E-state index contributed by atoms with van der Waals surface area (Å²) in [5, 5.41) is 0. The van der Waals surface area contributed by atoms with Crippen molar-refractivity contribution in [2.45, 2.75) is 52.6 Å². The van der Waals surface area contributed by atoms with Crippen LogP contribution in [0.1, 0.15) is 58.3 Å². The topological polar surface area (TPSA) is 43.8 Å². The number of hydrogen-bond acceptors (Lipinski definition) is 2. The van der Waals surface area contributed by atoms with Gasteiger partial charge in [0.1, 0.15) is 0 Å². The first-order chi connectivity index (χ1) is 7.06. The van der Waals surface area contributed by atoms with E-state index in [9.17, 15) is 0 Å². The molecule has 2 N–H and O–H groups in total. The lowest BCUT2D eigenvalue weighted by molar-refractivity contribution is 0.388. The Morgan fingerprint density at radius 1 is 1.40 bits per heavy atom. The van der Waals surface area contributed by atoms with Gasteiger partial charge in [-0.3, -0.25) is 0 Å². The number of hydrogen-bond donors (Lipinski definition) is 1. The molecule has 0 aliphatic rings. The summed E-state index contributed by atoms with van der Waals surface area (Å²) in [6.45, 7) is 8.76. The van der Waals surface area contributed by atoms with Crippen LogP contribution in [0.4, 0.5) is 0 Å². The quantitative estimate of drug-likeness (QED) is 0.810. The lowest BCUT2D eigenvalue weighted by atomic mass is 10.00. The zero-order valence-electron chi connectivity index (χ0n) is 10.3. The molecule has 3 heteroatoms. The van der Waals surface area contributed by atoms with E-state index in [1.165, 1.54) is 12.8 Å². The molecule has 0 saturated carbocycles. The summed E-state index contributed by atoms with van der Waals surface area (Å²) in [5.41, 5.74) is 7.03. The molecule has 1 rings (SSSR count). The van der Waals surface area contributed by atoms with Crippen molar-refractivity contribution < 1.29 is 0 Å². The van der Waals surface area contributed by atoms with Crippen molar-refractivity contribution in [1.82, 2.24) is 9.55 Å². The monoisotopic (exact) mass is 209 g/mol. The maximum atomic E-state index is 5.90. The second-order valence-electron chi connectivity index (χ2n) is 4.61. The lowest BCUT2D eigenvalue weighted by Crippen LogP contribution is -2.16. The van der Waals surface area contributed by atoms with Crippen molar-refractivity contribution >= 4 is 0 Å². The van der Waals surface area contributed by atoms with Crippen LogP contribution in [0.15, 0.2) is 12.5 Å². The van der Waals surface area contributed by atoms with Crippen molar-refractivity contribution in [3.8, 4) is 0 Å². The number of rotatable bonds is 5. The van der Waals surface area contributed by atoms with Crippen LogP contribution >= 0.6 is 0 Å². The van der Waals surface area contributed by atoms with Gasteiger partial charge in [-0.25, -0.2) is 4.98 Å². The Morgan fingerprint density at radius 2 is 2.07 bits per heavy atom. The Labute approximate surface area is 92.7 Å². The van der Waals surface area contributed by atoms with Crippen LogP contribution < -0.4 is 5.73 Å². The predicted molar refractivity (Wildman–Crippen MR) is 63.6 cm³/mol. The zero-order chi connectivity index (χ0) is 11.4. The van der Waals surface area contributed by atoms with E-state index in [4.69, 9.17) is 5.73 Å². The van der Waals surface area contributed by atoms with Gasteiger partial charge in [-0.2, -0.15) is 0 Å². The largest absolute Gasteiger partial charge is 0.330 e. The molecule has 2 unspecified atom stereocenters. The third-order valence-electron chi connectivity index (χ3n) is 3.08. The summed E-state index contributed by atoms with van der Waals surface area (Å²) in [4.78, 5) is 4.18. The molecule has 3 atom stereocenters. The number of nitrogens with zero attached hydrogens (tertiary/aromatic N) is 2. The van der Waals surface area contributed by atoms with Gasteiger partial charge in [-0.05, 0) is 26.2 Å². The predicted octanol–water partition coefficient (Wildman–Crippen LogP) is 2.90. The van der Waals surface area contributed by atoms with Gasteiger partial charge >= 0.3 is 0 Å². The van der Waals surface area contributed by atoms with Gasteiger partial charge in [0.15, 0.2) is 0 Å². The average Bonchev–Trinajstić information content (AvgIpc) is 2.65. The van der Waals surface area contributed by atoms with Gasteiger partial charge in [0.05, 0.1) is 12.0 Å².